The van der Waals surface area contributed by atoms with Crippen molar-refractivity contribution >= 4 is 24.2 Å². The molecule has 0 aromatic carbocycles. The third-order valence-electron chi connectivity index (χ3n) is 8.19. The summed E-state index contributed by atoms with van der Waals surface area (Å²) in [5.41, 5.74) is -0.729. The minimum Gasteiger partial charge on any atom is -0.458 e. The highest BCUT2D eigenvalue weighted by Crippen LogP contribution is 2.67. The Morgan fingerprint density at radius 3 is 2.33 bits per heavy atom. The Labute approximate surface area is 212 Å². The zero-order chi connectivity index (χ0) is 27.0. The van der Waals surface area contributed by atoms with Gasteiger partial charge in [0.1, 0.15) is 12.4 Å². The van der Waals surface area contributed by atoms with Crippen LogP contribution < -0.4 is 0 Å². The van der Waals surface area contributed by atoms with Crippen LogP contribution in [0.1, 0.15) is 67.7 Å². The molecule has 1 heterocycles. The Morgan fingerprint density at radius 2 is 1.78 bits per heavy atom. The van der Waals surface area contributed by atoms with E-state index < -0.39 is 53.5 Å². The molecule has 1 saturated heterocycles. The third-order valence-corrected chi connectivity index (χ3v) is 8.19. The number of carbonyl (C=O) groups is 4. The van der Waals surface area contributed by atoms with Gasteiger partial charge in [-0.15, -0.1) is 0 Å². The number of carbonyl (C=O) groups excluding carboxylic acids is 4. The van der Waals surface area contributed by atoms with Crippen molar-refractivity contribution in [2.75, 3.05) is 0 Å². The molecule has 3 aliphatic rings. The van der Waals surface area contributed by atoms with Crippen LogP contribution in [0, 0.1) is 28.6 Å². The lowest BCUT2D eigenvalue weighted by atomic mass is 9.45. The standard InChI is InChI=1S/C27H38O9/c1-14(2)23(32)35-19-11-20-24(33-17(5)29)36-25(34-18(6)30)27(20)21(12-19)26(7,9-8-15(3)13-28)16(4)10-22(27)31/h8,11,13-14,16,19,21-22,24-25,31H,9-10,12H2,1-7H3/b15-8+/t16-,19+,21+,22+,24+,25-,26-,27-/m1/s1. The summed E-state index contributed by atoms with van der Waals surface area (Å²) in [4.78, 5) is 47.9. The van der Waals surface area contributed by atoms with Crippen LogP contribution in [0.3, 0.4) is 0 Å². The quantitative estimate of drug-likeness (QED) is 0.182. The number of hydrogen-bond donors (Lipinski definition) is 1. The molecule has 8 atom stereocenters. The first kappa shape index (κ1) is 28.1. The fourth-order valence-corrected chi connectivity index (χ4v) is 6.12. The van der Waals surface area contributed by atoms with Crippen molar-refractivity contribution in [3.05, 3.63) is 23.3 Å². The molecule has 0 aromatic rings. The predicted octanol–water partition coefficient (Wildman–Crippen LogP) is 3.24. The molecule has 36 heavy (non-hydrogen) atoms. The number of allylic oxidation sites excluding steroid dienone is 2. The Morgan fingerprint density at radius 1 is 1.14 bits per heavy atom. The van der Waals surface area contributed by atoms with Gasteiger partial charge in [0.05, 0.1) is 17.4 Å². The van der Waals surface area contributed by atoms with Gasteiger partial charge < -0.3 is 19.3 Å². The number of aldehydes is 1. The molecule has 0 radical (unpaired) electrons. The topological polar surface area (TPSA) is 125 Å². The predicted molar refractivity (Wildman–Crippen MR) is 128 cm³/mol. The number of aliphatic hydroxyl groups is 1. The number of hydrogen-bond acceptors (Lipinski definition) is 9. The molecule has 9 heteroatoms. The van der Waals surface area contributed by atoms with Gasteiger partial charge in [0.15, 0.2) is 0 Å². The average molecular weight is 507 g/mol. The first-order valence-electron chi connectivity index (χ1n) is 12.5. The molecule has 0 amide bonds. The molecular formula is C27H38O9. The van der Waals surface area contributed by atoms with Gasteiger partial charge in [-0.1, -0.05) is 33.8 Å². The first-order chi connectivity index (χ1) is 16.8. The van der Waals surface area contributed by atoms with E-state index in [4.69, 9.17) is 18.9 Å². The number of rotatable bonds is 7. The van der Waals surface area contributed by atoms with E-state index in [-0.39, 0.29) is 17.8 Å². The van der Waals surface area contributed by atoms with Crippen LogP contribution in [-0.4, -0.2) is 54.1 Å². The van der Waals surface area contributed by atoms with E-state index in [1.807, 2.05) is 13.0 Å². The van der Waals surface area contributed by atoms with Gasteiger partial charge in [0.25, 0.3) is 0 Å². The summed E-state index contributed by atoms with van der Waals surface area (Å²) in [5, 5.41) is 11.7. The van der Waals surface area contributed by atoms with E-state index in [1.165, 1.54) is 13.8 Å². The molecule has 0 bridgehead atoms. The molecular weight excluding hydrogens is 468 g/mol. The maximum Gasteiger partial charge on any atom is 0.308 e. The molecule has 1 saturated carbocycles. The van der Waals surface area contributed by atoms with Gasteiger partial charge in [-0.25, -0.2) is 0 Å². The average Bonchev–Trinajstić information content (AvgIpc) is 3.07. The van der Waals surface area contributed by atoms with E-state index in [9.17, 15) is 24.3 Å². The van der Waals surface area contributed by atoms with Crippen LogP contribution in [0.15, 0.2) is 23.3 Å². The second-order valence-corrected chi connectivity index (χ2v) is 10.9. The lowest BCUT2D eigenvalue weighted by molar-refractivity contribution is -0.254. The minimum atomic E-state index is -1.23. The minimum absolute atomic E-state index is 0.00891. The summed E-state index contributed by atoms with van der Waals surface area (Å²) in [6.07, 6.45) is 1.45. The summed E-state index contributed by atoms with van der Waals surface area (Å²) in [5.74, 6) is -2.36. The maximum atomic E-state index is 12.5. The molecule has 3 rings (SSSR count). The SMILES string of the molecule is CC(=O)O[C@H]1O[C@@H](OC(C)=O)[C@]23C1=C[C@H](OC(=O)C(C)C)C[C@H]2[C@](C)(C/C=C(\C)C=O)[C@H](C)C[C@@H]3O. The van der Waals surface area contributed by atoms with Crippen molar-refractivity contribution in [2.24, 2.45) is 28.6 Å². The van der Waals surface area contributed by atoms with E-state index >= 15 is 0 Å². The fraction of sp³-hybridized carbons (Fsp3) is 0.704. The zero-order valence-corrected chi connectivity index (χ0v) is 22.1. The van der Waals surface area contributed by atoms with Crippen molar-refractivity contribution in [3.63, 3.8) is 0 Å². The van der Waals surface area contributed by atoms with E-state index in [0.717, 1.165) is 6.29 Å². The Hall–Kier alpha value is -2.52. The van der Waals surface area contributed by atoms with Crippen molar-refractivity contribution in [2.45, 2.75) is 92.5 Å². The molecule has 0 unspecified atom stereocenters. The molecule has 9 nitrogen and oxygen atoms in total. The van der Waals surface area contributed by atoms with Crippen LogP contribution in [0.25, 0.3) is 0 Å². The third kappa shape index (κ3) is 4.87. The maximum absolute atomic E-state index is 12.5. The summed E-state index contributed by atoms with van der Waals surface area (Å²) < 4.78 is 22.9. The van der Waals surface area contributed by atoms with Crippen LogP contribution in [-0.2, 0) is 38.1 Å². The number of ether oxygens (including phenoxy) is 4. The van der Waals surface area contributed by atoms with E-state index in [2.05, 4.69) is 6.92 Å². The monoisotopic (exact) mass is 506 g/mol. The van der Waals surface area contributed by atoms with E-state index in [0.29, 0.717) is 30.4 Å². The van der Waals surface area contributed by atoms with Crippen molar-refractivity contribution < 1.29 is 43.2 Å². The number of esters is 3. The summed E-state index contributed by atoms with van der Waals surface area (Å²) in [6, 6.07) is 0. The molecule has 200 valence electrons. The van der Waals surface area contributed by atoms with Gasteiger partial charge in [-0.2, -0.15) is 0 Å². The smallest absolute Gasteiger partial charge is 0.308 e. The molecule has 1 aliphatic heterocycles. The lowest BCUT2D eigenvalue weighted by Crippen LogP contribution is -2.63. The van der Waals surface area contributed by atoms with Crippen molar-refractivity contribution in [1.29, 1.82) is 0 Å². The van der Waals surface area contributed by atoms with Crippen molar-refractivity contribution in [3.8, 4) is 0 Å². The van der Waals surface area contributed by atoms with Gasteiger partial charge in [-0.3, -0.25) is 23.9 Å². The highest BCUT2D eigenvalue weighted by atomic mass is 16.8. The van der Waals surface area contributed by atoms with Gasteiger partial charge in [0, 0.05) is 19.4 Å². The van der Waals surface area contributed by atoms with Crippen LogP contribution in [0.5, 0.6) is 0 Å². The first-order valence-corrected chi connectivity index (χ1v) is 12.5. The number of aliphatic hydroxyl groups excluding tert-OH is 1. The summed E-state index contributed by atoms with van der Waals surface area (Å²) in [7, 11) is 0. The normalized spacial score (nSPS) is 37.9. The largest absolute Gasteiger partial charge is 0.458 e. The van der Waals surface area contributed by atoms with Crippen LogP contribution in [0.2, 0.25) is 0 Å². The second-order valence-electron chi connectivity index (χ2n) is 10.9. The highest BCUT2D eigenvalue weighted by Gasteiger charge is 2.71. The zero-order valence-electron chi connectivity index (χ0n) is 22.1. The lowest BCUT2D eigenvalue weighted by Gasteiger charge is -2.60. The van der Waals surface area contributed by atoms with Gasteiger partial charge in [-0.05, 0) is 55.1 Å². The van der Waals surface area contributed by atoms with Crippen molar-refractivity contribution in [1.82, 2.24) is 0 Å². The van der Waals surface area contributed by atoms with Crippen LogP contribution >= 0.6 is 0 Å². The second kappa shape index (κ2) is 10.5. The highest BCUT2D eigenvalue weighted by molar-refractivity contribution is 5.72. The van der Waals surface area contributed by atoms with Gasteiger partial charge in [0.2, 0.25) is 12.6 Å². The Kier molecular flexibility index (Phi) is 8.15. The molecule has 1 N–H and O–H groups in total. The Balaban J connectivity index is 2.23. The van der Waals surface area contributed by atoms with Crippen LogP contribution in [0.4, 0.5) is 0 Å². The Bertz CT molecular complexity index is 966. The molecule has 2 aliphatic carbocycles. The fourth-order valence-electron chi connectivity index (χ4n) is 6.12. The molecule has 0 aromatic heterocycles. The van der Waals surface area contributed by atoms with Gasteiger partial charge >= 0.3 is 17.9 Å². The summed E-state index contributed by atoms with van der Waals surface area (Å²) in [6.45, 7) is 11.8. The summed E-state index contributed by atoms with van der Waals surface area (Å²) >= 11 is 0. The molecule has 2 fully saturated rings. The van der Waals surface area contributed by atoms with E-state index in [1.54, 1.807) is 26.8 Å². The molecule has 1 spiro atoms.